The first-order valence-corrected chi connectivity index (χ1v) is 7.72. The van der Waals surface area contributed by atoms with Gasteiger partial charge in [-0.25, -0.2) is 0 Å². The van der Waals surface area contributed by atoms with Crippen LogP contribution in [0.25, 0.3) is 0 Å². The van der Waals surface area contributed by atoms with Gasteiger partial charge in [0.1, 0.15) is 0 Å². The Kier molecular flexibility index (Phi) is 5.84. The van der Waals surface area contributed by atoms with Gasteiger partial charge in [0.25, 0.3) is 0 Å². The molecule has 1 atom stereocenters. The highest BCUT2D eigenvalue weighted by atomic mass is 16.5. The van der Waals surface area contributed by atoms with Gasteiger partial charge in [0.15, 0.2) is 11.5 Å². The van der Waals surface area contributed by atoms with E-state index in [9.17, 15) is 0 Å². The van der Waals surface area contributed by atoms with E-state index in [1.807, 2.05) is 32.0 Å². The number of nitrogens with one attached hydrogen (secondary N) is 1. The van der Waals surface area contributed by atoms with E-state index in [4.69, 9.17) is 9.47 Å². The lowest BCUT2D eigenvalue weighted by Crippen LogP contribution is -2.18. The Morgan fingerprint density at radius 2 is 1.68 bits per heavy atom. The van der Waals surface area contributed by atoms with Crippen molar-refractivity contribution in [1.82, 2.24) is 5.32 Å². The molecule has 0 heterocycles. The Balaban J connectivity index is 2.01. The molecule has 0 radical (unpaired) electrons. The standard InChI is InChI=1S/C19H25NO2/c1-14(2)22-18-11-10-16(12-19(18)21-4)13-20-15(3)17-8-6-5-7-9-17/h5-12,14-15,20H,13H2,1-4H3. The van der Waals surface area contributed by atoms with Crippen LogP contribution in [0, 0.1) is 0 Å². The van der Waals surface area contributed by atoms with Gasteiger partial charge in [-0.1, -0.05) is 36.4 Å². The summed E-state index contributed by atoms with van der Waals surface area (Å²) in [6, 6.07) is 16.8. The van der Waals surface area contributed by atoms with Crippen molar-refractivity contribution in [1.29, 1.82) is 0 Å². The van der Waals surface area contributed by atoms with E-state index in [1.165, 1.54) is 11.1 Å². The largest absolute Gasteiger partial charge is 0.493 e. The molecule has 118 valence electrons. The molecule has 0 aromatic heterocycles. The van der Waals surface area contributed by atoms with Crippen LogP contribution in [-0.4, -0.2) is 13.2 Å². The van der Waals surface area contributed by atoms with Gasteiger partial charge in [-0.15, -0.1) is 0 Å². The lowest BCUT2D eigenvalue weighted by molar-refractivity contribution is 0.230. The molecule has 0 saturated carbocycles. The number of hydrogen-bond donors (Lipinski definition) is 1. The van der Waals surface area contributed by atoms with Crippen LogP contribution in [0.4, 0.5) is 0 Å². The summed E-state index contributed by atoms with van der Waals surface area (Å²) in [6.45, 7) is 6.98. The molecular formula is C19H25NO2. The minimum absolute atomic E-state index is 0.135. The van der Waals surface area contributed by atoms with E-state index in [0.29, 0.717) is 6.04 Å². The second-order valence-electron chi connectivity index (χ2n) is 5.67. The summed E-state index contributed by atoms with van der Waals surface area (Å²) in [5, 5.41) is 3.53. The molecule has 0 aliphatic carbocycles. The fraction of sp³-hybridized carbons (Fsp3) is 0.368. The molecule has 2 aromatic carbocycles. The summed E-state index contributed by atoms with van der Waals surface area (Å²) >= 11 is 0. The number of methoxy groups -OCH3 is 1. The van der Waals surface area contributed by atoms with Crippen molar-refractivity contribution in [2.45, 2.75) is 39.5 Å². The average molecular weight is 299 g/mol. The smallest absolute Gasteiger partial charge is 0.161 e. The predicted molar refractivity (Wildman–Crippen MR) is 90.5 cm³/mol. The zero-order valence-electron chi connectivity index (χ0n) is 13.8. The van der Waals surface area contributed by atoms with Crippen molar-refractivity contribution in [2.24, 2.45) is 0 Å². The third-order valence-corrected chi connectivity index (χ3v) is 3.50. The van der Waals surface area contributed by atoms with E-state index in [1.54, 1.807) is 7.11 Å². The minimum atomic E-state index is 0.135. The van der Waals surface area contributed by atoms with Gasteiger partial charge < -0.3 is 14.8 Å². The van der Waals surface area contributed by atoms with Gasteiger partial charge in [-0.3, -0.25) is 0 Å². The third kappa shape index (κ3) is 4.50. The summed E-state index contributed by atoms with van der Waals surface area (Å²) in [4.78, 5) is 0. The molecule has 22 heavy (non-hydrogen) atoms. The fourth-order valence-corrected chi connectivity index (χ4v) is 2.30. The molecule has 3 heteroatoms. The molecule has 0 aliphatic heterocycles. The minimum Gasteiger partial charge on any atom is -0.493 e. The van der Waals surface area contributed by atoms with E-state index in [0.717, 1.165) is 18.0 Å². The second kappa shape index (κ2) is 7.85. The quantitative estimate of drug-likeness (QED) is 0.825. The maximum absolute atomic E-state index is 5.74. The normalized spacial score (nSPS) is 12.2. The lowest BCUT2D eigenvalue weighted by Gasteiger charge is -2.17. The Bertz CT molecular complexity index is 581. The van der Waals surface area contributed by atoms with Crippen LogP contribution in [-0.2, 0) is 6.54 Å². The molecule has 0 fully saturated rings. The molecule has 3 nitrogen and oxygen atoms in total. The summed E-state index contributed by atoms with van der Waals surface area (Å²) < 4.78 is 11.2. The number of benzene rings is 2. The van der Waals surface area contributed by atoms with Crippen molar-refractivity contribution < 1.29 is 9.47 Å². The average Bonchev–Trinajstić information content (AvgIpc) is 2.54. The molecular weight excluding hydrogens is 274 g/mol. The molecule has 2 rings (SSSR count). The van der Waals surface area contributed by atoms with Crippen molar-refractivity contribution in [3.63, 3.8) is 0 Å². The maximum atomic E-state index is 5.74. The highest BCUT2D eigenvalue weighted by Gasteiger charge is 2.09. The molecule has 0 aliphatic rings. The summed E-state index contributed by atoms with van der Waals surface area (Å²) in [5.41, 5.74) is 2.46. The van der Waals surface area contributed by atoms with E-state index in [-0.39, 0.29) is 6.10 Å². The van der Waals surface area contributed by atoms with Crippen LogP contribution in [0.5, 0.6) is 11.5 Å². The Hall–Kier alpha value is -2.00. The molecule has 1 unspecified atom stereocenters. The zero-order valence-corrected chi connectivity index (χ0v) is 13.8. The first-order chi connectivity index (χ1) is 10.6. The monoisotopic (exact) mass is 299 g/mol. The Morgan fingerprint density at radius 3 is 2.32 bits per heavy atom. The van der Waals surface area contributed by atoms with Gasteiger partial charge in [0.2, 0.25) is 0 Å². The Labute approximate surface area is 133 Å². The molecule has 0 amide bonds. The Morgan fingerprint density at radius 1 is 0.955 bits per heavy atom. The van der Waals surface area contributed by atoms with Crippen molar-refractivity contribution in [2.75, 3.05) is 7.11 Å². The topological polar surface area (TPSA) is 30.5 Å². The molecule has 2 aromatic rings. The molecule has 0 spiro atoms. The van der Waals surface area contributed by atoms with Gasteiger partial charge in [0.05, 0.1) is 13.2 Å². The number of hydrogen-bond acceptors (Lipinski definition) is 3. The van der Waals surface area contributed by atoms with Crippen LogP contribution in [0.1, 0.15) is 37.9 Å². The number of ether oxygens (including phenoxy) is 2. The maximum Gasteiger partial charge on any atom is 0.161 e. The second-order valence-corrected chi connectivity index (χ2v) is 5.67. The summed E-state index contributed by atoms with van der Waals surface area (Å²) in [5.74, 6) is 1.57. The third-order valence-electron chi connectivity index (χ3n) is 3.50. The number of rotatable bonds is 7. The van der Waals surface area contributed by atoms with Gasteiger partial charge >= 0.3 is 0 Å². The van der Waals surface area contributed by atoms with Gasteiger partial charge in [-0.05, 0) is 44.0 Å². The highest BCUT2D eigenvalue weighted by Crippen LogP contribution is 2.29. The first kappa shape index (κ1) is 16.4. The highest BCUT2D eigenvalue weighted by molar-refractivity contribution is 5.43. The van der Waals surface area contributed by atoms with Crippen LogP contribution in [0.15, 0.2) is 48.5 Å². The SMILES string of the molecule is COc1cc(CNC(C)c2ccccc2)ccc1OC(C)C. The summed E-state index contributed by atoms with van der Waals surface area (Å²) in [7, 11) is 1.67. The van der Waals surface area contributed by atoms with Crippen molar-refractivity contribution in [3.8, 4) is 11.5 Å². The first-order valence-electron chi connectivity index (χ1n) is 7.72. The van der Waals surface area contributed by atoms with Crippen LogP contribution in [0.2, 0.25) is 0 Å². The van der Waals surface area contributed by atoms with Crippen molar-refractivity contribution in [3.05, 3.63) is 59.7 Å². The van der Waals surface area contributed by atoms with E-state index >= 15 is 0 Å². The van der Waals surface area contributed by atoms with E-state index in [2.05, 4.69) is 42.6 Å². The molecule has 0 bridgehead atoms. The predicted octanol–water partition coefficient (Wildman–Crippen LogP) is 4.33. The van der Waals surface area contributed by atoms with Crippen LogP contribution < -0.4 is 14.8 Å². The van der Waals surface area contributed by atoms with Crippen molar-refractivity contribution >= 4 is 0 Å². The molecule has 1 N–H and O–H groups in total. The molecule has 0 saturated heterocycles. The van der Waals surface area contributed by atoms with E-state index < -0.39 is 0 Å². The lowest BCUT2D eigenvalue weighted by atomic mass is 10.1. The summed E-state index contributed by atoms with van der Waals surface area (Å²) in [6.07, 6.45) is 0.135. The fourth-order valence-electron chi connectivity index (χ4n) is 2.30. The van der Waals surface area contributed by atoms with Crippen LogP contribution in [0.3, 0.4) is 0 Å². The van der Waals surface area contributed by atoms with Gasteiger partial charge in [0, 0.05) is 12.6 Å². The van der Waals surface area contributed by atoms with Crippen LogP contribution >= 0.6 is 0 Å². The van der Waals surface area contributed by atoms with Gasteiger partial charge in [-0.2, -0.15) is 0 Å². The zero-order chi connectivity index (χ0) is 15.9.